The number of ether oxygens (including phenoxy) is 2. The Labute approximate surface area is 181 Å². The van der Waals surface area contributed by atoms with Gasteiger partial charge in [-0.15, -0.1) is 10.2 Å². The fourth-order valence-corrected chi connectivity index (χ4v) is 3.79. The molecule has 0 aliphatic heterocycles. The van der Waals surface area contributed by atoms with Crippen molar-refractivity contribution in [2.45, 2.75) is 11.0 Å². The molecule has 14 heteroatoms. The molecule has 3 rings (SSSR count). The van der Waals surface area contributed by atoms with Crippen molar-refractivity contribution >= 4 is 33.8 Å². The number of sulfonamides is 1. The quantitative estimate of drug-likeness (QED) is 0.467. The predicted molar refractivity (Wildman–Crippen MR) is 111 cm³/mol. The van der Waals surface area contributed by atoms with E-state index in [1.54, 1.807) is 30.5 Å². The van der Waals surface area contributed by atoms with Gasteiger partial charge in [0.05, 0.1) is 26.0 Å². The van der Waals surface area contributed by atoms with Crippen LogP contribution in [0, 0.1) is 0 Å². The molecule has 0 saturated carbocycles. The molecule has 2 N–H and O–H groups in total. The van der Waals surface area contributed by atoms with E-state index in [1.165, 1.54) is 32.0 Å². The zero-order valence-corrected chi connectivity index (χ0v) is 18.3. The monoisotopic (exact) mass is 466 g/mol. The highest BCUT2D eigenvalue weighted by atomic mass is 32.2. The molecular formula is C17H18N6O6S2. The number of thioether (sulfide) groups is 1. The summed E-state index contributed by atoms with van der Waals surface area (Å²) in [7, 11) is -1.34. The van der Waals surface area contributed by atoms with Crippen LogP contribution in [-0.4, -0.2) is 55.1 Å². The lowest BCUT2D eigenvalue weighted by Gasteiger charge is -2.10. The van der Waals surface area contributed by atoms with Crippen molar-refractivity contribution in [3.8, 4) is 23.2 Å². The molecule has 2 aromatic heterocycles. The fraction of sp³-hybridized carbons (Fsp3) is 0.235. The number of hydrogen-bond acceptors (Lipinski definition) is 11. The first-order chi connectivity index (χ1) is 14.8. The van der Waals surface area contributed by atoms with Crippen LogP contribution in [0.3, 0.4) is 0 Å². The van der Waals surface area contributed by atoms with Crippen molar-refractivity contribution in [3.63, 3.8) is 0 Å². The standard InChI is InChI=1S/C17H18N6O6S2/c1-27-12-8-13(28-2)19-15(18-12)20-16(24)23-31(25,26)9-10-6-4-5-7-11(10)14-21-22-17(29-14)30-3/h4-8H,9H2,1-3H3,(H2,18,19,20,23,24). The predicted octanol–water partition coefficient (Wildman–Crippen LogP) is 1.92. The van der Waals surface area contributed by atoms with E-state index in [0.29, 0.717) is 16.3 Å². The van der Waals surface area contributed by atoms with Crippen LogP contribution in [0.25, 0.3) is 11.5 Å². The maximum absolute atomic E-state index is 12.6. The summed E-state index contributed by atoms with van der Waals surface area (Å²) in [6.45, 7) is 0. The van der Waals surface area contributed by atoms with Crippen LogP contribution in [0.5, 0.6) is 11.8 Å². The van der Waals surface area contributed by atoms with Crippen LogP contribution in [0.2, 0.25) is 0 Å². The van der Waals surface area contributed by atoms with E-state index >= 15 is 0 Å². The Bertz CT molecular complexity index is 1160. The smallest absolute Gasteiger partial charge is 0.335 e. The van der Waals surface area contributed by atoms with Gasteiger partial charge in [-0.3, -0.25) is 5.32 Å². The molecule has 0 bridgehead atoms. The topological polar surface area (TPSA) is 158 Å². The number of hydrogen-bond donors (Lipinski definition) is 2. The Kier molecular flexibility index (Phi) is 6.91. The minimum Gasteiger partial charge on any atom is -0.481 e. The van der Waals surface area contributed by atoms with Crippen molar-refractivity contribution in [3.05, 3.63) is 35.9 Å². The summed E-state index contributed by atoms with van der Waals surface area (Å²) in [5.41, 5.74) is 0.820. The number of anilines is 1. The Morgan fingerprint density at radius 3 is 2.42 bits per heavy atom. The summed E-state index contributed by atoms with van der Waals surface area (Å²) in [6.07, 6.45) is 1.78. The zero-order valence-electron chi connectivity index (χ0n) is 16.6. The number of methoxy groups -OCH3 is 2. The van der Waals surface area contributed by atoms with E-state index in [0.717, 1.165) is 0 Å². The van der Waals surface area contributed by atoms with Crippen molar-refractivity contribution < 1.29 is 27.1 Å². The molecule has 0 unspecified atom stereocenters. The van der Waals surface area contributed by atoms with E-state index in [9.17, 15) is 13.2 Å². The molecule has 0 atom stereocenters. The van der Waals surface area contributed by atoms with Crippen LogP contribution in [0.4, 0.5) is 10.7 Å². The number of aromatic nitrogens is 4. The number of rotatable bonds is 8. The van der Waals surface area contributed by atoms with Gasteiger partial charge in [0.2, 0.25) is 33.6 Å². The fourth-order valence-electron chi connectivity index (χ4n) is 2.43. The highest BCUT2D eigenvalue weighted by molar-refractivity contribution is 7.98. The molecule has 12 nitrogen and oxygen atoms in total. The van der Waals surface area contributed by atoms with Gasteiger partial charge in [-0.05, 0) is 17.9 Å². The van der Waals surface area contributed by atoms with E-state index in [-0.39, 0.29) is 23.6 Å². The molecule has 1 aromatic carbocycles. The Morgan fingerprint density at radius 2 is 1.81 bits per heavy atom. The van der Waals surface area contributed by atoms with Gasteiger partial charge >= 0.3 is 6.03 Å². The minimum absolute atomic E-state index is 0.128. The molecule has 0 radical (unpaired) electrons. The molecule has 2 amide bonds. The summed E-state index contributed by atoms with van der Waals surface area (Å²) in [5.74, 6) is -0.266. The van der Waals surface area contributed by atoms with Gasteiger partial charge in [-0.1, -0.05) is 30.0 Å². The van der Waals surface area contributed by atoms with Gasteiger partial charge in [0.1, 0.15) is 0 Å². The second-order valence-corrected chi connectivity index (χ2v) is 8.31. The van der Waals surface area contributed by atoms with Crippen molar-refractivity contribution in [2.24, 2.45) is 0 Å². The molecular weight excluding hydrogens is 448 g/mol. The third-order valence-electron chi connectivity index (χ3n) is 3.75. The zero-order chi connectivity index (χ0) is 22.4. The highest BCUT2D eigenvalue weighted by Gasteiger charge is 2.21. The summed E-state index contributed by atoms with van der Waals surface area (Å²) in [6, 6.07) is 6.97. The van der Waals surface area contributed by atoms with Crippen molar-refractivity contribution in [2.75, 3.05) is 25.8 Å². The first-order valence-corrected chi connectivity index (χ1v) is 11.5. The average Bonchev–Trinajstić information content (AvgIpc) is 3.22. The first kappa shape index (κ1) is 22.3. The lowest BCUT2D eigenvalue weighted by Crippen LogP contribution is -2.35. The summed E-state index contributed by atoms with van der Waals surface area (Å²) in [5, 5.41) is 10.4. The van der Waals surface area contributed by atoms with E-state index < -0.39 is 21.8 Å². The SMILES string of the molecule is COc1cc(OC)nc(NC(=O)NS(=O)(=O)Cc2ccccc2-c2nnc(SC)o2)n1. The number of carbonyl (C=O) groups excluding carboxylic acids is 1. The molecule has 0 aliphatic rings. The summed E-state index contributed by atoms with van der Waals surface area (Å²) in [4.78, 5) is 20.0. The maximum atomic E-state index is 12.6. The normalized spacial score (nSPS) is 11.1. The van der Waals surface area contributed by atoms with Crippen LogP contribution in [0.1, 0.15) is 5.56 Å². The van der Waals surface area contributed by atoms with Crippen molar-refractivity contribution in [1.29, 1.82) is 0 Å². The van der Waals surface area contributed by atoms with Gasteiger partial charge in [0.15, 0.2) is 0 Å². The van der Waals surface area contributed by atoms with E-state index in [1.807, 2.05) is 4.72 Å². The molecule has 3 aromatic rings. The molecule has 0 aliphatic carbocycles. The number of carbonyl (C=O) groups is 1. The highest BCUT2D eigenvalue weighted by Crippen LogP contribution is 2.26. The average molecular weight is 467 g/mol. The van der Waals surface area contributed by atoms with Crippen LogP contribution in [0.15, 0.2) is 40.0 Å². The van der Waals surface area contributed by atoms with Gasteiger partial charge in [-0.25, -0.2) is 17.9 Å². The lowest BCUT2D eigenvalue weighted by molar-refractivity contribution is 0.256. The molecule has 0 fully saturated rings. The lowest BCUT2D eigenvalue weighted by atomic mass is 10.1. The number of urea groups is 1. The van der Waals surface area contributed by atoms with Gasteiger partial charge in [-0.2, -0.15) is 9.97 Å². The van der Waals surface area contributed by atoms with Crippen LogP contribution < -0.4 is 19.5 Å². The Balaban J connectivity index is 1.74. The van der Waals surface area contributed by atoms with Gasteiger partial charge in [0.25, 0.3) is 5.22 Å². The second kappa shape index (κ2) is 9.61. The number of benzene rings is 1. The summed E-state index contributed by atoms with van der Waals surface area (Å²) >= 11 is 1.26. The number of nitrogens with zero attached hydrogens (tertiary/aromatic N) is 4. The molecule has 0 spiro atoms. The third kappa shape index (κ3) is 5.82. The molecule has 31 heavy (non-hydrogen) atoms. The van der Waals surface area contributed by atoms with E-state index in [2.05, 4.69) is 25.5 Å². The van der Waals surface area contributed by atoms with Crippen molar-refractivity contribution in [1.82, 2.24) is 24.9 Å². The second-order valence-electron chi connectivity index (χ2n) is 5.83. The van der Waals surface area contributed by atoms with Crippen LogP contribution in [-0.2, 0) is 15.8 Å². The Hall–Kier alpha value is -3.39. The maximum Gasteiger partial charge on any atom is 0.335 e. The molecule has 0 saturated heterocycles. The number of nitrogens with one attached hydrogen (secondary N) is 2. The largest absolute Gasteiger partial charge is 0.481 e. The molecule has 2 heterocycles. The minimum atomic E-state index is -4.09. The van der Waals surface area contributed by atoms with E-state index in [4.69, 9.17) is 13.9 Å². The Morgan fingerprint density at radius 1 is 1.13 bits per heavy atom. The van der Waals surface area contributed by atoms with Gasteiger partial charge in [0, 0.05) is 5.56 Å². The molecule has 164 valence electrons. The summed E-state index contributed by atoms with van der Waals surface area (Å²) < 4.78 is 42.5. The third-order valence-corrected chi connectivity index (χ3v) is 5.45. The first-order valence-electron chi connectivity index (χ1n) is 8.58. The van der Waals surface area contributed by atoms with Crippen LogP contribution >= 0.6 is 11.8 Å². The van der Waals surface area contributed by atoms with Gasteiger partial charge < -0.3 is 13.9 Å². The number of amides is 2.